The average Bonchev–Trinajstić information content (AvgIpc) is 3.10. The van der Waals surface area contributed by atoms with Crippen LogP contribution in [0, 0.1) is 16.8 Å². The molecule has 4 aromatic rings. The van der Waals surface area contributed by atoms with Gasteiger partial charge in [-0.25, -0.2) is 8.78 Å². The van der Waals surface area contributed by atoms with E-state index >= 15 is 0 Å². The number of anilines is 1. The summed E-state index contributed by atoms with van der Waals surface area (Å²) in [5.41, 5.74) is -0.143. The van der Waals surface area contributed by atoms with E-state index in [0.717, 1.165) is 24.5 Å². The molecule has 1 amide bonds. The van der Waals surface area contributed by atoms with Crippen LogP contribution in [0.25, 0.3) is 10.9 Å². The number of Topliss-reactive ketones (excluding diaryl/α,β-unsaturated/α-hetero) is 1. The zero-order valence-corrected chi connectivity index (χ0v) is 18.0. The number of hydrogen-bond donors (Lipinski definition) is 2. The lowest BCUT2D eigenvalue weighted by molar-refractivity contribution is -0.605. The van der Waals surface area contributed by atoms with Gasteiger partial charge >= 0.3 is 0 Å². The number of aromatic hydroxyl groups is 1. The second-order valence-electron chi connectivity index (χ2n) is 7.04. The van der Waals surface area contributed by atoms with Crippen LogP contribution < -0.4 is 10.0 Å². The molecule has 0 saturated carbocycles. The molecule has 0 saturated heterocycles. The number of ketones is 1. The number of aromatic nitrogens is 2. The van der Waals surface area contributed by atoms with Crippen molar-refractivity contribution < 1.29 is 28.2 Å². The summed E-state index contributed by atoms with van der Waals surface area (Å²) < 4.78 is 30.1. The highest BCUT2D eigenvalue weighted by Crippen LogP contribution is 2.30. The van der Waals surface area contributed by atoms with Gasteiger partial charge in [0.2, 0.25) is 12.4 Å². The van der Waals surface area contributed by atoms with Crippen LogP contribution in [-0.2, 0) is 11.3 Å². The molecule has 0 aliphatic rings. The molecule has 0 atom stereocenters. The summed E-state index contributed by atoms with van der Waals surface area (Å²) >= 11 is 11.9. The van der Waals surface area contributed by atoms with Crippen molar-refractivity contribution in [2.24, 2.45) is 0 Å². The van der Waals surface area contributed by atoms with E-state index in [4.69, 9.17) is 23.2 Å². The number of nitrogens with zero attached hydrogens (tertiary/aromatic N) is 2. The standard InChI is InChI=1S/C22H13Cl2F2N3O4/c23-15-9-29(33)10-16(24)20(15)27-22(32)21(31)13-7-28(19-5-4-11(30)6-12(13)19)8-14-17(25)2-1-3-18(14)26/h1-7,9-10,30H,8H2,(H,27,32). The molecule has 33 heavy (non-hydrogen) atoms. The van der Waals surface area contributed by atoms with Crippen LogP contribution in [0.4, 0.5) is 14.5 Å². The minimum absolute atomic E-state index is 0.128. The predicted molar refractivity (Wildman–Crippen MR) is 117 cm³/mol. The molecule has 0 radical (unpaired) electrons. The van der Waals surface area contributed by atoms with Crippen LogP contribution in [0.15, 0.2) is 55.0 Å². The molecule has 4 rings (SSSR count). The van der Waals surface area contributed by atoms with Crippen LogP contribution in [0.3, 0.4) is 0 Å². The number of nitrogens with one attached hydrogen (secondary N) is 1. The Labute approximate surface area is 195 Å². The minimum Gasteiger partial charge on any atom is -0.619 e. The second kappa shape index (κ2) is 8.68. The van der Waals surface area contributed by atoms with Gasteiger partial charge in [0.25, 0.3) is 11.7 Å². The van der Waals surface area contributed by atoms with E-state index in [1.807, 2.05) is 0 Å². The smallest absolute Gasteiger partial charge is 0.296 e. The van der Waals surface area contributed by atoms with E-state index in [1.54, 1.807) is 0 Å². The van der Waals surface area contributed by atoms with Crippen molar-refractivity contribution in [2.75, 3.05) is 5.32 Å². The van der Waals surface area contributed by atoms with Crippen LogP contribution in [0.5, 0.6) is 5.75 Å². The van der Waals surface area contributed by atoms with Crippen molar-refractivity contribution in [1.29, 1.82) is 0 Å². The number of benzene rings is 2. The zero-order chi connectivity index (χ0) is 23.9. The molecule has 2 heterocycles. The van der Waals surface area contributed by atoms with Crippen molar-refractivity contribution in [2.45, 2.75) is 6.54 Å². The lowest BCUT2D eigenvalue weighted by Gasteiger charge is -2.08. The van der Waals surface area contributed by atoms with Crippen LogP contribution in [0.2, 0.25) is 10.0 Å². The Hall–Kier alpha value is -3.69. The third-order valence-electron chi connectivity index (χ3n) is 4.90. The number of carbonyl (C=O) groups excluding carboxylic acids is 2. The number of amides is 1. The first-order valence-electron chi connectivity index (χ1n) is 9.34. The molecule has 0 spiro atoms. The Morgan fingerprint density at radius 1 is 1.09 bits per heavy atom. The first-order valence-corrected chi connectivity index (χ1v) is 10.1. The SMILES string of the molecule is O=C(Nc1c(Cl)c[n+]([O-])cc1Cl)C(=O)c1cn(Cc2c(F)cccc2F)c2ccc(O)cc12. The van der Waals surface area contributed by atoms with Gasteiger partial charge in [-0.05, 0) is 30.3 Å². The highest BCUT2D eigenvalue weighted by atomic mass is 35.5. The number of halogens is 4. The number of fused-ring (bicyclic) bond motifs is 1. The molecule has 0 aliphatic carbocycles. The zero-order valence-electron chi connectivity index (χ0n) is 16.5. The van der Waals surface area contributed by atoms with Crippen LogP contribution >= 0.6 is 23.2 Å². The van der Waals surface area contributed by atoms with E-state index < -0.39 is 23.3 Å². The van der Waals surface area contributed by atoms with E-state index in [2.05, 4.69) is 5.32 Å². The molecule has 2 aromatic carbocycles. The summed E-state index contributed by atoms with van der Waals surface area (Å²) in [6, 6.07) is 7.49. The molecule has 11 heteroatoms. The Balaban J connectivity index is 1.74. The summed E-state index contributed by atoms with van der Waals surface area (Å²) in [5.74, 6) is -3.87. The van der Waals surface area contributed by atoms with Crippen LogP contribution in [0.1, 0.15) is 15.9 Å². The molecule has 2 N–H and O–H groups in total. The second-order valence-corrected chi connectivity index (χ2v) is 7.86. The molecule has 0 aliphatic heterocycles. The Morgan fingerprint density at radius 2 is 1.73 bits per heavy atom. The normalized spacial score (nSPS) is 11.0. The summed E-state index contributed by atoms with van der Waals surface area (Å²) in [6.07, 6.45) is 3.15. The quantitative estimate of drug-likeness (QED) is 0.186. The van der Waals surface area contributed by atoms with Gasteiger partial charge in [-0.1, -0.05) is 29.3 Å². The van der Waals surface area contributed by atoms with Gasteiger partial charge in [-0.3, -0.25) is 9.59 Å². The fourth-order valence-electron chi connectivity index (χ4n) is 3.37. The topological polar surface area (TPSA) is 98.3 Å². The third-order valence-corrected chi connectivity index (χ3v) is 5.48. The summed E-state index contributed by atoms with van der Waals surface area (Å²) in [7, 11) is 0. The highest BCUT2D eigenvalue weighted by molar-refractivity contribution is 6.50. The average molecular weight is 492 g/mol. The van der Waals surface area contributed by atoms with Crippen molar-refractivity contribution in [1.82, 2.24) is 4.57 Å². The number of hydrogen-bond acceptors (Lipinski definition) is 4. The Bertz CT molecular complexity index is 1400. The summed E-state index contributed by atoms with van der Waals surface area (Å²) in [5, 5.41) is 23.3. The first kappa shape index (κ1) is 22.5. The molecule has 168 valence electrons. The Kier molecular flexibility index (Phi) is 5.92. The van der Waals surface area contributed by atoms with Crippen molar-refractivity contribution in [3.8, 4) is 5.75 Å². The van der Waals surface area contributed by atoms with E-state index in [0.29, 0.717) is 10.2 Å². The minimum atomic E-state index is -1.12. The van der Waals surface area contributed by atoms with Gasteiger partial charge in [-0.2, -0.15) is 4.73 Å². The predicted octanol–water partition coefficient (Wildman–Crippen LogP) is 4.44. The lowest BCUT2D eigenvalue weighted by Crippen LogP contribution is -2.27. The number of phenols is 1. The Morgan fingerprint density at radius 3 is 2.36 bits per heavy atom. The molecular weight excluding hydrogens is 479 g/mol. The largest absolute Gasteiger partial charge is 0.619 e. The van der Waals surface area contributed by atoms with Crippen molar-refractivity contribution >= 4 is 51.5 Å². The third kappa shape index (κ3) is 4.33. The van der Waals surface area contributed by atoms with E-state index in [-0.39, 0.29) is 44.5 Å². The maximum absolute atomic E-state index is 14.2. The molecule has 0 fully saturated rings. The first-order chi connectivity index (χ1) is 15.7. The van der Waals surface area contributed by atoms with Gasteiger partial charge in [0, 0.05) is 22.7 Å². The number of carbonyl (C=O) groups is 2. The van der Waals surface area contributed by atoms with Gasteiger partial charge in [0.1, 0.15) is 27.4 Å². The number of phenolic OH excluding ortho intramolecular Hbond substituents is 1. The highest BCUT2D eigenvalue weighted by Gasteiger charge is 2.25. The fraction of sp³-hybridized carbons (Fsp3) is 0.0455. The fourth-order valence-corrected chi connectivity index (χ4v) is 3.91. The van der Waals surface area contributed by atoms with E-state index in [9.17, 15) is 28.7 Å². The molecule has 7 nitrogen and oxygen atoms in total. The molecule has 2 aromatic heterocycles. The number of rotatable bonds is 5. The van der Waals surface area contributed by atoms with Crippen molar-refractivity contribution in [3.63, 3.8) is 0 Å². The van der Waals surface area contributed by atoms with Gasteiger partial charge in [0.15, 0.2) is 0 Å². The lowest BCUT2D eigenvalue weighted by atomic mass is 10.1. The summed E-state index contributed by atoms with van der Waals surface area (Å²) in [4.78, 5) is 25.6. The van der Waals surface area contributed by atoms with Gasteiger partial charge in [0.05, 0.1) is 17.8 Å². The monoisotopic (exact) mass is 491 g/mol. The van der Waals surface area contributed by atoms with Gasteiger partial charge < -0.3 is 20.2 Å². The molecular formula is C22H13Cl2F2N3O4. The van der Waals surface area contributed by atoms with Gasteiger partial charge in [-0.15, -0.1) is 0 Å². The molecule has 0 unspecified atom stereocenters. The van der Waals surface area contributed by atoms with Crippen molar-refractivity contribution in [3.05, 3.63) is 93.0 Å². The summed E-state index contributed by atoms with van der Waals surface area (Å²) in [6.45, 7) is -0.269. The van der Waals surface area contributed by atoms with Crippen LogP contribution in [-0.4, -0.2) is 21.4 Å². The maximum Gasteiger partial charge on any atom is 0.296 e. The maximum atomic E-state index is 14.2. The molecule has 0 bridgehead atoms. The van der Waals surface area contributed by atoms with E-state index in [1.165, 1.54) is 35.0 Å². The number of pyridine rings is 1.